The van der Waals surface area contributed by atoms with Gasteiger partial charge < -0.3 is 9.47 Å². The highest BCUT2D eigenvalue weighted by Crippen LogP contribution is 2.48. The van der Waals surface area contributed by atoms with Crippen molar-refractivity contribution in [2.45, 2.75) is 45.2 Å². The molecule has 3 atom stereocenters. The molecular weight excluding hydrogens is 394 g/mol. The number of piperidine rings is 1. The second kappa shape index (κ2) is 8.84. The molecule has 0 N–H and O–H groups in total. The van der Waals surface area contributed by atoms with Crippen molar-refractivity contribution in [2.24, 2.45) is 11.3 Å². The van der Waals surface area contributed by atoms with Crippen molar-refractivity contribution in [2.75, 3.05) is 46.0 Å². The van der Waals surface area contributed by atoms with Crippen molar-refractivity contribution < 1.29 is 14.3 Å². The maximum atomic E-state index is 13.3. The van der Waals surface area contributed by atoms with Crippen LogP contribution in [0.4, 0.5) is 0 Å². The molecule has 0 spiro atoms. The SMILES string of the molecule is CCOC(=O)[C@@]12CC[C@H](N3CCOCC3)C[C@H]1CCN(Cc1cnn3cccnc13)C2. The van der Waals surface area contributed by atoms with Crippen molar-refractivity contribution in [3.8, 4) is 0 Å². The maximum Gasteiger partial charge on any atom is 0.313 e. The predicted octanol–water partition coefficient (Wildman–Crippen LogP) is 1.99. The summed E-state index contributed by atoms with van der Waals surface area (Å²) in [5.74, 6) is 0.384. The molecule has 8 heteroatoms. The van der Waals surface area contributed by atoms with Gasteiger partial charge in [0.15, 0.2) is 5.65 Å². The van der Waals surface area contributed by atoms with E-state index in [2.05, 4.69) is 19.9 Å². The summed E-state index contributed by atoms with van der Waals surface area (Å²) in [6.07, 6.45) is 9.71. The molecule has 2 saturated heterocycles. The van der Waals surface area contributed by atoms with Crippen LogP contribution in [0.3, 0.4) is 0 Å². The molecule has 0 amide bonds. The Morgan fingerprint density at radius 1 is 1.29 bits per heavy atom. The van der Waals surface area contributed by atoms with Gasteiger partial charge in [0, 0.05) is 50.2 Å². The van der Waals surface area contributed by atoms with Gasteiger partial charge in [-0.2, -0.15) is 5.10 Å². The molecule has 2 aliphatic heterocycles. The summed E-state index contributed by atoms with van der Waals surface area (Å²) in [5.41, 5.74) is 1.61. The Kier molecular flexibility index (Phi) is 5.95. The molecule has 0 aromatic carbocycles. The van der Waals surface area contributed by atoms with Gasteiger partial charge in [-0.25, -0.2) is 9.50 Å². The molecule has 1 aliphatic carbocycles. The zero-order valence-electron chi connectivity index (χ0n) is 18.4. The van der Waals surface area contributed by atoms with Crippen LogP contribution >= 0.6 is 0 Å². The molecular formula is C23H33N5O3. The van der Waals surface area contributed by atoms with E-state index in [1.807, 2.05) is 29.9 Å². The van der Waals surface area contributed by atoms with Gasteiger partial charge in [-0.3, -0.25) is 14.6 Å². The number of hydrogen-bond donors (Lipinski definition) is 0. The summed E-state index contributed by atoms with van der Waals surface area (Å²) < 4.78 is 13.0. The van der Waals surface area contributed by atoms with E-state index in [1.165, 1.54) is 0 Å². The van der Waals surface area contributed by atoms with Gasteiger partial charge in [0.05, 0.1) is 31.4 Å². The normalized spacial score (nSPS) is 30.2. The second-order valence-electron chi connectivity index (χ2n) is 9.21. The van der Waals surface area contributed by atoms with E-state index in [0.29, 0.717) is 18.6 Å². The van der Waals surface area contributed by atoms with E-state index in [9.17, 15) is 4.79 Å². The van der Waals surface area contributed by atoms with Crippen LogP contribution in [0.1, 0.15) is 38.2 Å². The lowest BCUT2D eigenvalue weighted by molar-refractivity contribution is -0.170. The number of nitrogens with zero attached hydrogens (tertiary/aromatic N) is 5. The van der Waals surface area contributed by atoms with Crippen molar-refractivity contribution >= 4 is 11.6 Å². The lowest BCUT2D eigenvalue weighted by Crippen LogP contribution is -2.58. The number of carbonyl (C=O) groups excluding carboxylic acids is 1. The first-order chi connectivity index (χ1) is 15.2. The molecule has 4 heterocycles. The Labute approximate surface area is 183 Å². The smallest absolute Gasteiger partial charge is 0.313 e. The van der Waals surface area contributed by atoms with Gasteiger partial charge in [-0.15, -0.1) is 0 Å². The van der Waals surface area contributed by atoms with Gasteiger partial charge in [-0.05, 0) is 51.1 Å². The number of likely N-dealkylation sites (tertiary alicyclic amines) is 1. The van der Waals surface area contributed by atoms with Gasteiger partial charge in [-0.1, -0.05) is 0 Å². The Balaban J connectivity index is 1.34. The summed E-state index contributed by atoms with van der Waals surface area (Å²) in [6.45, 7) is 8.54. The van der Waals surface area contributed by atoms with E-state index < -0.39 is 5.41 Å². The summed E-state index contributed by atoms with van der Waals surface area (Å²) in [4.78, 5) is 22.8. The Morgan fingerprint density at radius 2 is 2.16 bits per heavy atom. The average molecular weight is 428 g/mol. The van der Waals surface area contributed by atoms with Crippen LogP contribution in [-0.4, -0.2) is 82.4 Å². The van der Waals surface area contributed by atoms with E-state index >= 15 is 0 Å². The van der Waals surface area contributed by atoms with Gasteiger partial charge in [0.1, 0.15) is 0 Å². The van der Waals surface area contributed by atoms with E-state index in [-0.39, 0.29) is 5.97 Å². The number of hydrogen-bond acceptors (Lipinski definition) is 7. The largest absolute Gasteiger partial charge is 0.466 e. The third kappa shape index (κ3) is 3.97. The number of ether oxygens (including phenoxy) is 2. The standard InChI is InChI=1S/C23H33N5O3/c1-2-31-22(29)23-6-4-20(27-10-12-30-13-11-27)14-19(23)5-9-26(17-23)16-18-15-25-28-8-3-7-24-21(18)28/h3,7-8,15,19-20H,2,4-6,9-14,16-17H2,1H3/t19-,20+,23-/m1/s1. The van der Waals surface area contributed by atoms with Crippen molar-refractivity contribution in [3.63, 3.8) is 0 Å². The number of aromatic nitrogens is 3. The van der Waals surface area contributed by atoms with Crippen LogP contribution in [0.25, 0.3) is 5.65 Å². The molecule has 0 unspecified atom stereocenters. The molecule has 0 bridgehead atoms. The Morgan fingerprint density at radius 3 is 3.00 bits per heavy atom. The molecule has 3 fully saturated rings. The summed E-state index contributed by atoms with van der Waals surface area (Å²) >= 11 is 0. The first-order valence-electron chi connectivity index (χ1n) is 11.7. The van der Waals surface area contributed by atoms with Crippen LogP contribution in [0.15, 0.2) is 24.7 Å². The highest BCUT2D eigenvalue weighted by Gasteiger charge is 2.53. The fourth-order valence-corrected chi connectivity index (χ4v) is 5.96. The molecule has 8 nitrogen and oxygen atoms in total. The molecule has 3 aliphatic rings. The highest BCUT2D eigenvalue weighted by molar-refractivity contribution is 5.78. The number of esters is 1. The number of morpholine rings is 1. The maximum absolute atomic E-state index is 13.3. The predicted molar refractivity (Wildman–Crippen MR) is 115 cm³/mol. The molecule has 1 saturated carbocycles. The summed E-state index contributed by atoms with van der Waals surface area (Å²) in [6, 6.07) is 2.45. The highest BCUT2D eigenvalue weighted by atomic mass is 16.5. The van der Waals surface area contributed by atoms with Crippen molar-refractivity contribution in [1.82, 2.24) is 24.4 Å². The van der Waals surface area contributed by atoms with Crippen LogP contribution in [0.2, 0.25) is 0 Å². The molecule has 0 radical (unpaired) electrons. The number of carbonyl (C=O) groups is 1. The fraction of sp³-hybridized carbons (Fsp3) is 0.696. The molecule has 31 heavy (non-hydrogen) atoms. The number of fused-ring (bicyclic) bond motifs is 2. The van der Waals surface area contributed by atoms with E-state index in [0.717, 1.165) is 82.8 Å². The Hall–Kier alpha value is -2.03. The topological polar surface area (TPSA) is 72.2 Å². The number of rotatable bonds is 5. The minimum atomic E-state index is -0.395. The van der Waals surface area contributed by atoms with E-state index in [1.54, 1.807) is 6.20 Å². The minimum absolute atomic E-state index is 0.00289. The zero-order chi connectivity index (χ0) is 21.3. The quantitative estimate of drug-likeness (QED) is 0.676. The monoisotopic (exact) mass is 427 g/mol. The fourth-order valence-electron chi connectivity index (χ4n) is 5.96. The molecule has 2 aromatic heterocycles. The summed E-state index contributed by atoms with van der Waals surface area (Å²) in [7, 11) is 0. The molecule has 2 aromatic rings. The third-order valence-corrected chi connectivity index (χ3v) is 7.55. The first-order valence-corrected chi connectivity index (χ1v) is 11.7. The van der Waals surface area contributed by atoms with Crippen molar-refractivity contribution in [3.05, 3.63) is 30.2 Å². The first kappa shape index (κ1) is 20.8. The van der Waals surface area contributed by atoms with Crippen LogP contribution in [-0.2, 0) is 20.8 Å². The summed E-state index contributed by atoms with van der Waals surface area (Å²) in [5, 5.41) is 4.43. The van der Waals surface area contributed by atoms with Gasteiger partial charge in [0.25, 0.3) is 0 Å². The minimum Gasteiger partial charge on any atom is -0.466 e. The van der Waals surface area contributed by atoms with Crippen LogP contribution in [0.5, 0.6) is 0 Å². The van der Waals surface area contributed by atoms with E-state index in [4.69, 9.17) is 9.47 Å². The van der Waals surface area contributed by atoms with Gasteiger partial charge in [0.2, 0.25) is 0 Å². The second-order valence-corrected chi connectivity index (χ2v) is 9.21. The zero-order valence-corrected chi connectivity index (χ0v) is 18.4. The molecule has 168 valence electrons. The van der Waals surface area contributed by atoms with Crippen molar-refractivity contribution in [1.29, 1.82) is 0 Å². The van der Waals surface area contributed by atoms with Crippen LogP contribution < -0.4 is 0 Å². The third-order valence-electron chi connectivity index (χ3n) is 7.55. The average Bonchev–Trinajstić information content (AvgIpc) is 3.22. The molecule has 5 rings (SSSR count). The lowest BCUT2D eigenvalue weighted by atomic mass is 9.61. The lowest BCUT2D eigenvalue weighted by Gasteiger charge is -2.52. The Bertz CT molecular complexity index is 912. The van der Waals surface area contributed by atoms with Crippen LogP contribution in [0, 0.1) is 11.3 Å². The van der Waals surface area contributed by atoms with Gasteiger partial charge >= 0.3 is 5.97 Å².